The minimum absolute atomic E-state index is 0.0856. The lowest BCUT2D eigenvalue weighted by Gasteiger charge is -2.05. The van der Waals surface area contributed by atoms with Crippen molar-refractivity contribution in [2.24, 2.45) is 0 Å². The van der Waals surface area contributed by atoms with Crippen LogP contribution in [0.15, 0.2) is 12.2 Å². The van der Waals surface area contributed by atoms with Gasteiger partial charge < -0.3 is 4.74 Å². The van der Waals surface area contributed by atoms with Crippen LogP contribution in [-0.4, -0.2) is 12.1 Å². The minimum Gasteiger partial charge on any atom is -0.459 e. The van der Waals surface area contributed by atoms with Crippen LogP contribution in [0.2, 0.25) is 0 Å². The largest absolute Gasteiger partial charge is 0.459 e. The van der Waals surface area contributed by atoms with E-state index in [0.29, 0.717) is 0 Å². The third-order valence-corrected chi connectivity index (χ3v) is 2.48. The topological polar surface area (TPSA) is 26.3 Å². The molecule has 2 heteroatoms. The number of hydrogen-bond acceptors (Lipinski definition) is 2. The molecule has 0 N–H and O–H groups in total. The highest BCUT2D eigenvalue weighted by molar-refractivity contribution is 5.66. The van der Waals surface area contributed by atoms with Gasteiger partial charge in [-0.3, -0.25) is 4.79 Å². The Morgan fingerprint density at radius 1 is 1.19 bits per heavy atom. The van der Waals surface area contributed by atoms with Crippen molar-refractivity contribution in [1.29, 1.82) is 0 Å². The van der Waals surface area contributed by atoms with Crippen LogP contribution in [-0.2, 0) is 9.53 Å². The van der Waals surface area contributed by atoms with Crippen LogP contribution < -0.4 is 0 Å². The first-order chi connectivity index (χ1) is 7.66. The Hall–Kier alpha value is -0.790. The molecule has 0 aliphatic rings. The Kier molecular flexibility index (Phi) is 10.2. The van der Waals surface area contributed by atoms with Gasteiger partial charge in [0.15, 0.2) is 0 Å². The number of unbranched alkanes of at least 4 members (excludes halogenated alkanes) is 6. The number of ether oxygens (including phenoxy) is 1. The van der Waals surface area contributed by atoms with Crippen molar-refractivity contribution in [3.8, 4) is 0 Å². The second-order valence-electron chi connectivity index (χ2n) is 4.30. The summed E-state index contributed by atoms with van der Waals surface area (Å²) < 4.78 is 4.98. The molecule has 0 amide bonds. The molecule has 16 heavy (non-hydrogen) atoms. The molecule has 0 fully saturated rings. The summed E-state index contributed by atoms with van der Waals surface area (Å²) in [7, 11) is 0. The van der Waals surface area contributed by atoms with Crippen LogP contribution in [0, 0.1) is 0 Å². The smallest absolute Gasteiger partial charge is 0.303 e. The highest BCUT2D eigenvalue weighted by atomic mass is 16.5. The van der Waals surface area contributed by atoms with Gasteiger partial charge in [-0.1, -0.05) is 45.1 Å². The van der Waals surface area contributed by atoms with Gasteiger partial charge in [0.25, 0.3) is 0 Å². The van der Waals surface area contributed by atoms with Crippen LogP contribution in [0.5, 0.6) is 0 Å². The predicted molar refractivity (Wildman–Crippen MR) is 68.4 cm³/mol. The van der Waals surface area contributed by atoms with Gasteiger partial charge in [-0.25, -0.2) is 0 Å². The lowest BCUT2D eigenvalue weighted by Crippen LogP contribution is -2.08. The Labute approximate surface area is 100 Å². The average Bonchev–Trinajstić information content (AvgIpc) is 2.21. The number of hydrogen-bond donors (Lipinski definition) is 0. The van der Waals surface area contributed by atoms with E-state index < -0.39 is 0 Å². The summed E-state index contributed by atoms with van der Waals surface area (Å²) in [5.41, 5.74) is 0. The Bertz CT molecular complexity index is 197. The van der Waals surface area contributed by atoms with Gasteiger partial charge in [-0.15, -0.1) is 0 Å². The second-order valence-corrected chi connectivity index (χ2v) is 4.30. The normalized spacial score (nSPS) is 12.9. The van der Waals surface area contributed by atoms with E-state index in [1.807, 2.05) is 13.0 Å². The maximum Gasteiger partial charge on any atom is 0.303 e. The molecular weight excluding hydrogens is 200 g/mol. The van der Waals surface area contributed by atoms with E-state index in [2.05, 4.69) is 13.0 Å². The molecule has 0 aromatic carbocycles. The molecule has 2 nitrogen and oxygen atoms in total. The van der Waals surface area contributed by atoms with E-state index >= 15 is 0 Å². The van der Waals surface area contributed by atoms with Crippen molar-refractivity contribution in [3.05, 3.63) is 12.2 Å². The zero-order chi connectivity index (χ0) is 12.2. The van der Waals surface area contributed by atoms with Crippen LogP contribution in [0.1, 0.15) is 65.7 Å². The van der Waals surface area contributed by atoms with Gasteiger partial charge in [-0.05, 0) is 25.8 Å². The van der Waals surface area contributed by atoms with Crippen molar-refractivity contribution in [3.63, 3.8) is 0 Å². The first-order valence-corrected chi connectivity index (χ1v) is 6.50. The number of esters is 1. The van der Waals surface area contributed by atoms with Crippen molar-refractivity contribution in [2.45, 2.75) is 71.8 Å². The summed E-state index contributed by atoms with van der Waals surface area (Å²) in [6, 6.07) is 0. The lowest BCUT2D eigenvalue weighted by atomic mass is 10.1. The molecule has 94 valence electrons. The summed E-state index contributed by atoms with van der Waals surface area (Å²) in [6.07, 6.45) is 13.0. The highest BCUT2D eigenvalue weighted by Crippen LogP contribution is 2.07. The number of allylic oxidation sites excluding steroid dienone is 1. The highest BCUT2D eigenvalue weighted by Gasteiger charge is 1.98. The molecule has 0 aromatic rings. The molecule has 0 bridgehead atoms. The fourth-order valence-corrected chi connectivity index (χ4v) is 1.63. The summed E-state index contributed by atoms with van der Waals surface area (Å²) in [6.45, 7) is 5.57. The summed E-state index contributed by atoms with van der Waals surface area (Å²) in [5.74, 6) is -0.211. The minimum atomic E-state index is -0.211. The quantitative estimate of drug-likeness (QED) is 0.334. The summed E-state index contributed by atoms with van der Waals surface area (Å²) >= 11 is 0. The van der Waals surface area contributed by atoms with E-state index in [1.54, 1.807) is 0 Å². The molecule has 0 spiro atoms. The molecule has 0 rings (SSSR count). The van der Waals surface area contributed by atoms with Gasteiger partial charge in [0.2, 0.25) is 0 Å². The molecule has 0 aromatic heterocycles. The van der Waals surface area contributed by atoms with Gasteiger partial charge in [-0.2, -0.15) is 0 Å². The number of carbonyl (C=O) groups excluding carboxylic acids is 1. The van der Waals surface area contributed by atoms with Crippen LogP contribution in [0.3, 0.4) is 0 Å². The first kappa shape index (κ1) is 15.2. The molecule has 0 unspecified atom stereocenters. The van der Waals surface area contributed by atoms with Crippen molar-refractivity contribution in [1.82, 2.24) is 0 Å². The molecular formula is C14H26O2. The maximum atomic E-state index is 10.6. The van der Waals surface area contributed by atoms with Crippen LogP contribution >= 0.6 is 0 Å². The maximum absolute atomic E-state index is 10.6. The van der Waals surface area contributed by atoms with Crippen LogP contribution in [0.25, 0.3) is 0 Å². The van der Waals surface area contributed by atoms with Gasteiger partial charge in [0.1, 0.15) is 6.10 Å². The van der Waals surface area contributed by atoms with E-state index in [1.165, 1.54) is 45.4 Å². The third-order valence-electron chi connectivity index (χ3n) is 2.48. The molecule has 0 saturated carbocycles. The third kappa shape index (κ3) is 11.3. The average molecular weight is 226 g/mol. The zero-order valence-corrected chi connectivity index (χ0v) is 11.0. The van der Waals surface area contributed by atoms with Crippen molar-refractivity contribution in [2.75, 3.05) is 0 Å². The van der Waals surface area contributed by atoms with Crippen molar-refractivity contribution >= 4 is 5.97 Å². The van der Waals surface area contributed by atoms with Gasteiger partial charge in [0.05, 0.1) is 0 Å². The van der Waals surface area contributed by atoms with E-state index in [4.69, 9.17) is 4.74 Å². The second kappa shape index (κ2) is 10.7. The number of rotatable bonds is 9. The Morgan fingerprint density at radius 2 is 1.81 bits per heavy atom. The molecule has 0 aliphatic heterocycles. The van der Waals surface area contributed by atoms with Gasteiger partial charge >= 0.3 is 5.97 Å². The summed E-state index contributed by atoms with van der Waals surface area (Å²) in [5, 5.41) is 0. The predicted octanol–water partition coefficient (Wildman–Crippen LogP) is 4.24. The fourth-order valence-electron chi connectivity index (χ4n) is 1.63. The zero-order valence-electron chi connectivity index (χ0n) is 11.0. The lowest BCUT2D eigenvalue weighted by molar-refractivity contribution is -0.143. The van der Waals surface area contributed by atoms with E-state index in [9.17, 15) is 4.79 Å². The fraction of sp³-hybridized carbons (Fsp3) is 0.786. The van der Waals surface area contributed by atoms with Crippen molar-refractivity contribution < 1.29 is 9.53 Å². The first-order valence-electron chi connectivity index (χ1n) is 6.50. The Morgan fingerprint density at radius 3 is 2.44 bits per heavy atom. The molecule has 1 atom stereocenters. The molecule has 0 heterocycles. The SMILES string of the molecule is CCCCCCCC/C=C/[C@H](C)OC(C)=O. The standard InChI is InChI=1S/C14H26O2/c1-4-5-6-7-8-9-10-11-12-13(2)16-14(3)15/h11-13H,4-10H2,1-3H3/b12-11+/t13-/m0/s1. The number of carbonyl (C=O) groups is 1. The van der Waals surface area contributed by atoms with E-state index in [0.717, 1.165) is 6.42 Å². The molecule has 0 radical (unpaired) electrons. The Balaban J connectivity index is 3.30. The van der Waals surface area contributed by atoms with Crippen LogP contribution in [0.4, 0.5) is 0 Å². The van der Waals surface area contributed by atoms with E-state index in [-0.39, 0.29) is 12.1 Å². The monoisotopic (exact) mass is 226 g/mol. The molecule has 0 saturated heterocycles. The molecule has 0 aliphatic carbocycles. The summed E-state index contributed by atoms with van der Waals surface area (Å²) in [4.78, 5) is 10.6. The van der Waals surface area contributed by atoms with Gasteiger partial charge in [0, 0.05) is 6.92 Å².